The summed E-state index contributed by atoms with van der Waals surface area (Å²) in [7, 11) is 0. The van der Waals surface area contributed by atoms with Crippen LogP contribution in [-0.2, 0) is 6.42 Å². The fraction of sp³-hybridized carbons (Fsp3) is 0.238. The predicted molar refractivity (Wildman–Crippen MR) is 106 cm³/mol. The largest absolute Gasteiger partial charge is 0.335 e. The second-order valence-corrected chi connectivity index (χ2v) is 6.55. The van der Waals surface area contributed by atoms with Gasteiger partial charge in [0.25, 0.3) is 0 Å². The third-order valence-electron chi connectivity index (χ3n) is 4.99. The van der Waals surface area contributed by atoms with Crippen molar-refractivity contribution in [1.29, 1.82) is 0 Å². The van der Waals surface area contributed by atoms with Crippen molar-refractivity contribution < 1.29 is 0 Å². The van der Waals surface area contributed by atoms with Gasteiger partial charge in [0.2, 0.25) is 0 Å². The Morgan fingerprint density at radius 2 is 2.00 bits per heavy atom. The van der Waals surface area contributed by atoms with Gasteiger partial charge in [0, 0.05) is 11.8 Å². The Bertz CT molecular complexity index is 886. The molecule has 1 atom stereocenters. The van der Waals surface area contributed by atoms with Crippen molar-refractivity contribution in [3.05, 3.63) is 72.1 Å². The van der Waals surface area contributed by atoms with Crippen molar-refractivity contribution in [2.75, 3.05) is 11.7 Å². The summed E-state index contributed by atoms with van der Waals surface area (Å²) >= 11 is 0. The number of aryl methyl sites for hydroxylation is 1. The number of hydrazone groups is 1. The smallest absolute Gasteiger partial charge is 0.114 e. The lowest BCUT2D eigenvalue weighted by Crippen LogP contribution is -2.29. The first-order chi connectivity index (χ1) is 12.8. The molecule has 1 aliphatic rings. The number of aromatic nitrogens is 2. The molecule has 0 saturated heterocycles. The Hall–Kier alpha value is -3.08. The molecular formula is C21H23N5. The number of anilines is 1. The number of nitrogens with zero attached hydrogens (tertiary/aromatic N) is 4. The minimum absolute atomic E-state index is 0.292. The molecule has 0 spiro atoms. The van der Waals surface area contributed by atoms with Crippen LogP contribution in [-0.4, -0.2) is 28.1 Å². The minimum Gasteiger partial charge on any atom is -0.335 e. The maximum atomic E-state index is 4.62. The molecule has 2 heterocycles. The molecular weight excluding hydrogens is 322 g/mol. The van der Waals surface area contributed by atoms with Gasteiger partial charge in [-0.3, -0.25) is 5.10 Å². The standard InChI is InChI=1S/C21H23N5/c1-3-17-11-20(9-10-21(17)19-12-22-23-13-19)26-15-25(14-24-26)16(2)18-7-5-4-6-8-18/h4-14,16H,3,15H2,1-2H3,(H,22,23). The molecule has 5 nitrogen and oxygen atoms in total. The predicted octanol–water partition coefficient (Wildman–Crippen LogP) is 4.42. The number of benzene rings is 2. The molecule has 0 aliphatic carbocycles. The van der Waals surface area contributed by atoms with Gasteiger partial charge < -0.3 is 4.90 Å². The van der Waals surface area contributed by atoms with Gasteiger partial charge in [-0.25, -0.2) is 5.01 Å². The SMILES string of the molecule is CCc1cc(N2CN(C(C)c3ccccc3)C=N2)ccc1-c1cn[nH]c1. The van der Waals surface area contributed by atoms with E-state index in [0.717, 1.165) is 24.3 Å². The Morgan fingerprint density at radius 3 is 2.73 bits per heavy atom. The zero-order valence-corrected chi connectivity index (χ0v) is 15.1. The average molecular weight is 345 g/mol. The highest BCUT2D eigenvalue weighted by atomic mass is 15.6. The van der Waals surface area contributed by atoms with Crippen LogP contribution in [0.25, 0.3) is 11.1 Å². The van der Waals surface area contributed by atoms with Crippen LogP contribution in [0, 0.1) is 0 Å². The van der Waals surface area contributed by atoms with Crippen molar-refractivity contribution >= 4 is 12.0 Å². The molecule has 0 saturated carbocycles. The van der Waals surface area contributed by atoms with Gasteiger partial charge in [0.1, 0.15) is 13.0 Å². The van der Waals surface area contributed by atoms with E-state index in [1.54, 1.807) is 0 Å². The minimum atomic E-state index is 0.292. The number of H-pyrrole nitrogens is 1. The lowest BCUT2D eigenvalue weighted by atomic mass is 10.00. The number of aromatic amines is 1. The van der Waals surface area contributed by atoms with Crippen molar-refractivity contribution in [3.8, 4) is 11.1 Å². The lowest BCUT2D eigenvalue weighted by Gasteiger charge is -2.25. The van der Waals surface area contributed by atoms with E-state index in [1.165, 1.54) is 16.7 Å². The molecule has 5 heteroatoms. The maximum absolute atomic E-state index is 4.62. The highest BCUT2D eigenvalue weighted by molar-refractivity contribution is 5.71. The van der Waals surface area contributed by atoms with E-state index in [2.05, 4.69) is 87.6 Å². The molecule has 1 aliphatic heterocycles. The summed E-state index contributed by atoms with van der Waals surface area (Å²) in [4.78, 5) is 2.25. The van der Waals surface area contributed by atoms with Crippen LogP contribution in [0.2, 0.25) is 0 Å². The van der Waals surface area contributed by atoms with Crippen LogP contribution in [0.1, 0.15) is 31.0 Å². The summed E-state index contributed by atoms with van der Waals surface area (Å²) in [5.74, 6) is 0. The van der Waals surface area contributed by atoms with Crippen molar-refractivity contribution in [1.82, 2.24) is 15.1 Å². The second-order valence-electron chi connectivity index (χ2n) is 6.55. The van der Waals surface area contributed by atoms with Gasteiger partial charge in [0.15, 0.2) is 0 Å². The Labute approximate surface area is 154 Å². The van der Waals surface area contributed by atoms with Crippen molar-refractivity contribution in [2.45, 2.75) is 26.3 Å². The van der Waals surface area contributed by atoms with E-state index < -0.39 is 0 Å². The Balaban J connectivity index is 1.53. The highest BCUT2D eigenvalue weighted by Crippen LogP contribution is 2.30. The Morgan fingerprint density at radius 1 is 1.15 bits per heavy atom. The molecule has 0 fully saturated rings. The van der Waals surface area contributed by atoms with Gasteiger partial charge >= 0.3 is 0 Å². The zero-order valence-electron chi connectivity index (χ0n) is 15.1. The normalized spacial score (nSPS) is 14.8. The topological polar surface area (TPSA) is 47.5 Å². The van der Waals surface area contributed by atoms with Crippen LogP contribution in [0.4, 0.5) is 5.69 Å². The van der Waals surface area contributed by atoms with E-state index in [-0.39, 0.29) is 0 Å². The molecule has 2 aromatic carbocycles. The van der Waals surface area contributed by atoms with E-state index in [1.807, 2.05) is 18.7 Å². The van der Waals surface area contributed by atoms with Gasteiger partial charge in [-0.2, -0.15) is 10.2 Å². The van der Waals surface area contributed by atoms with Gasteiger partial charge in [0.05, 0.1) is 17.9 Å². The molecule has 3 aromatic rings. The quantitative estimate of drug-likeness (QED) is 0.744. The molecule has 0 amide bonds. The zero-order chi connectivity index (χ0) is 17.9. The summed E-state index contributed by atoms with van der Waals surface area (Å²) in [6.45, 7) is 5.15. The van der Waals surface area contributed by atoms with E-state index in [4.69, 9.17) is 0 Å². The molecule has 1 aromatic heterocycles. The lowest BCUT2D eigenvalue weighted by molar-refractivity contribution is 0.368. The van der Waals surface area contributed by atoms with Crippen LogP contribution in [0.3, 0.4) is 0 Å². The Kier molecular flexibility index (Phi) is 4.44. The molecule has 26 heavy (non-hydrogen) atoms. The summed E-state index contributed by atoms with van der Waals surface area (Å²) in [5.41, 5.74) is 6.06. The summed E-state index contributed by atoms with van der Waals surface area (Å²) in [6, 6.07) is 17.4. The average Bonchev–Trinajstić information content (AvgIpc) is 3.39. The fourth-order valence-corrected chi connectivity index (χ4v) is 3.36. The van der Waals surface area contributed by atoms with Crippen LogP contribution >= 0.6 is 0 Å². The molecule has 132 valence electrons. The fourth-order valence-electron chi connectivity index (χ4n) is 3.36. The monoisotopic (exact) mass is 345 g/mol. The molecule has 4 rings (SSSR count). The summed E-state index contributed by atoms with van der Waals surface area (Å²) in [6.07, 6.45) is 6.71. The van der Waals surface area contributed by atoms with Gasteiger partial charge in [-0.1, -0.05) is 43.3 Å². The third kappa shape index (κ3) is 3.08. The van der Waals surface area contributed by atoms with E-state index in [0.29, 0.717) is 6.04 Å². The summed E-state index contributed by atoms with van der Waals surface area (Å²) in [5, 5.41) is 13.6. The molecule has 1 unspecified atom stereocenters. The van der Waals surface area contributed by atoms with E-state index >= 15 is 0 Å². The highest BCUT2D eigenvalue weighted by Gasteiger charge is 2.21. The third-order valence-corrected chi connectivity index (χ3v) is 4.99. The van der Waals surface area contributed by atoms with Gasteiger partial charge in [-0.15, -0.1) is 0 Å². The first-order valence-corrected chi connectivity index (χ1v) is 9.00. The van der Waals surface area contributed by atoms with E-state index in [9.17, 15) is 0 Å². The number of rotatable bonds is 5. The first kappa shape index (κ1) is 16.4. The number of nitrogens with one attached hydrogen (secondary N) is 1. The van der Waals surface area contributed by atoms with Crippen molar-refractivity contribution in [2.24, 2.45) is 5.10 Å². The van der Waals surface area contributed by atoms with Crippen LogP contribution in [0.15, 0.2) is 66.0 Å². The maximum Gasteiger partial charge on any atom is 0.114 e. The molecule has 0 radical (unpaired) electrons. The van der Waals surface area contributed by atoms with Crippen LogP contribution in [0.5, 0.6) is 0 Å². The molecule has 1 N–H and O–H groups in total. The van der Waals surface area contributed by atoms with Crippen molar-refractivity contribution in [3.63, 3.8) is 0 Å². The first-order valence-electron chi connectivity index (χ1n) is 9.00. The van der Waals surface area contributed by atoms with Gasteiger partial charge in [-0.05, 0) is 42.2 Å². The number of hydrogen-bond donors (Lipinski definition) is 1. The second kappa shape index (κ2) is 7.04. The van der Waals surface area contributed by atoms with Crippen LogP contribution < -0.4 is 5.01 Å². The number of hydrogen-bond acceptors (Lipinski definition) is 4. The summed E-state index contributed by atoms with van der Waals surface area (Å²) < 4.78 is 0. The molecule has 0 bridgehead atoms.